The summed E-state index contributed by atoms with van der Waals surface area (Å²) in [7, 11) is 1.30. The van der Waals surface area contributed by atoms with Crippen molar-refractivity contribution in [2.75, 3.05) is 13.7 Å². The molecule has 5 nitrogen and oxygen atoms in total. The van der Waals surface area contributed by atoms with Crippen LogP contribution < -0.4 is 4.74 Å². The smallest absolute Gasteiger partial charge is 0.376 e. The fraction of sp³-hybridized carbons (Fsp3) is 0.308. The van der Waals surface area contributed by atoms with Gasteiger partial charge in [-0.25, -0.2) is 9.18 Å². The maximum atomic E-state index is 13.5. The van der Waals surface area contributed by atoms with Crippen molar-refractivity contribution in [3.05, 3.63) is 29.6 Å². The van der Waals surface area contributed by atoms with Gasteiger partial charge in [-0.05, 0) is 24.6 Å². The van der Waals surface area contributed by atoms with Gasteiger partial charge in [0, 0.05) is 0 Å². The third-order valence-electron chi connectivity index (χ3n) is 2.38. The molecule has 0 saturated heterocycles. The van der Waals surface area contributed by atoms with Gasteiger partial charge in [0.05, 0.1) is 19.8 Å². The SMILES string of the molecule is CCOC(=O)C(=O)C(C#N)c1ccc(OC)c(F)c1. The molecular formula is C13H12FNO4. The highest BCUT2D eigenvalue weighted by Crippen LogP contribution is 2.23. The number of rotatable bonds is 5. The summed E-state index contributed by atoms with van der Waals surface area (Å²) < 4.78 is 22.7. The monoisotopic (exact) mass is 265 g/mol. The van der Waals surface area contributed by atoms with Crippen molar-refractivity contribution in [2.45, 2.75) is 12.8 Å². The Balaban J connectivity index is 3.05. The average Bonchev–Trinajstić information content (AvgIpc) is 2.40. The topological polar surface area (TPSA) is 76.4 Å². The number of nitriles is 1. The molecule has 1 unspecified atom stereocenters. The first kappa shape index (κ1) is 14.6. The van der Waals surface area contributed by atoms with E-state index >= 15 is 0 Å². The number of halogens is 1. The first-order chi connectivity index (χ1) is 9.04. The zero-order valence-electron chi connectivity index (χ0n) is 10.5. The van der Waals surface area contributed by atoms with Crippen LogP contribution >= 0.6 is 0 Å². The molecule has 1 atom stereocenters. The number of carbonyl (C=O) groups excluding carboxylic acids is 2. The number of nitrogens with zero attached hydrogens (tertiary/aromatic N) is 1. The van der Waals surface area contributed by atoms with E-state index in [0.29, 0.717) is 0 Å². The molecule has 0 aliphatic heterocycles. The summed E-state index contributed by atoms with van der Waals surface area (Å²) in [5.41, 5.74) is 0.0823. The van der Waals surface area contributed by atoms with Crippen molar-refractivity contribution in [3.63, 3.8) is 0 Å². The van der Waals surface area contributed by atoms with Gasteiger partial charge in [-0.15, -0.1) is 0 Å². The molecular weight excluding hydrogens is 253 g/mol. The number of esters is 1. The molecule has 0 aromatic heterocycles. The second-order valence-corrected chi connectivity index (χ2v) is 3.54. The number of ether oxygens (including phenoxy) is 2. The Kier molecular flexibility index (Phi) is 5.01. The molecule has 0 fully saturated rings. The number of Topliss-reactive ketones (excluding diaryl/α,β-unsaturated/α-hetero) is 1. The van der Waals surface area contributed by atoms with Crippen LogP contribution in [0.15, 0.2) is 18.2 Å². The number of methoxy groups -OCH3 is 1. The molecule has 0 bridgehead atoms. The molecule has 19 heavy (non-hydrogen) atoms. The van der Waals surface area contributed by atoms with Crippen LogP contribution in [-0.4, -0.2) is 25.5 Å². The summed E-state index contributed by atoms with van der Waals surface area (Å²) in [5, 5.41) is 8.95. The minimum absolute atomic E-state index is 0.0102. The van der Waals surface area contributed by atoms with Crippen LogP contribution in [0.2, 0.25) is 0 Å². The van der Waals surface area contributed by atoms with Crippen LogP contribution in [0.5, 0.6) is 5.75 Å². The Labute approximate surface area is 109 Å². The second kappa shape index (κ2) is 6.50. The molecule has 0 amide bonds. The molecule has 0 saturated carbocycles. The summed E-state index contributed by atoms with van der Waals surface area (Å²) >= 11 is 0. The van der Waals surface area contributed by atoms with Crippen LogP contribution in [0, 0.1) is 17.1 Å². The molecule has 0 spiro atoms. The molecule has 1 aromatic rings. The predicted molar refractivity (Wildman–Crippen MR) is 62.9 cm³/mol. The molecule has 1 aromatic carbocycles. The maximum Gasteiger partial charge on any atom is 0.376 e. The Morgan fingerprint density at radius 1 is 1.47 bits per heavy atom. The van der Waals surface area contributed by atoms with E-state index in [9.17, 15) is 14.0 Å². The summed E-state index contributed by atoms with van der Waals surface area (Å²) in [5.74, 6) is -4.24. The molecule has 100 valence electrons. The van der Waals surface area contributed by atoms with E-state index in [-0.39, 0.29) is 17.9 Å². The maximum absolute atomic E-state index is 13.5. The first-order valence-corrected chi connectivity index (χ1v) is 5.49. The molecule has 0 aliphatic rings. The lowest BCUT2D eigenvalue weighted by atomic mass is 9.96. The van der Waals surface area contributed by atoms with Gasteiger partial charge in [0.25, 0.3) is 5.78 Å². The number of carbonyl (C=O) groups is 2. The quantitative estimate of drug-likeness (QED) is 0.596. The molecule has 6 heteroatoms. The Bertz CT molecular complexity index is 536. The fourth-order valence-electron chi connectivity index (χ4n) is 1.47. The van der Waals surface area contributed by atoms with Gasteiger partial charge in [0.1, 0.15) is 5.92 Å². The Morgan fingerprint density at radius 2 is 2.16 bits per heavy atom. The van der Waals surface area contributed by atoms with E-state index in [1.54, 1.807) is 13.0 Å². The van der Waals surface area contributed by atoms with Crippen LogP contribution in [0.3, 0.4) is 0 Å². The molecule has 0 heterocycles. The summed E-state index contributed by atoms with van der Waals surface area (Å²) in [6.07, 6.45) is 0. The highest BCUT2D eigenvalue weighted by Gasteiger charge is 2.28. The highest BCUT2D eigenvalue weighted by atomic mass is 19.1. The molecule has 0 aliphatic carbocycles. The van der Waals surface area contributed by atoms with Crippen molar-refractivity contribution in [1.82, 2.24) is 0 Å². The van der Waals surface area contributed by atoms with E-state index in [1.165, 1.54) is 19.2 Å². The highest BCUT2D eigenvalue weighted by molar-refractivity contribution is 6.36. The van der Waals surface area contributed by atoms with Gasteiger partial charge < -0.3 is 9.47 Å². The van der Waals surface area contributed by atoms with Gasteiger partial charge in [0.15, 0.2) is 11.6 Å². The zero-order valence-corrected chi connectivity index (χ0v) is 10.5. The lowest BCUT2D eigenvalue weighted by Crippen LogP contribution is -2.23. The average molecular weight is 265 g/mol. The van der Waals surface area contributed by atoms with Gasteiger partial charge >= 0.3 is 5.97 Å². The van der Waals surface area contributed by atoms with Crippen LogP contribution in [0.4, 0.5) is 4.39 Å². The van der Waals surface area contributed by atoms with E-state index in [2.05, 4.69) is 4.74 Å². The van der Waals surface area contributed by atoms with E-state index in [4.69, 9.17) is 10.00 Å². The number of benzene rings is 1. The number of hydrogen-bond donors (Lipinski definition) is 0. The molecule has 1 rings (SSSR count). The standard InChI is InChI=1S/C13H12FNO4/c1-3-19-13(17)12(16)9(7-15)8-4-5-11(18-2)10(14)6-8/h4-6,9H,3H2,1-2H3. The zero-order chi connectivity index (χ0) is 14.4. The summed E-state index contributed by atoms with van der Waals surface area (Å²) in [6.45, 7) is 1.57. The lowest BCUT2D eigenvalue weighted by molar-refractivity contribution is -0.153. The van der Waals surface area contributed by atoms with Crippen LogP contribution in [-0.2, 0) is 14.3 Å². The van der Waals surface area contributed by atoms with E-state index < -0.39 is 23.5 Å². The first-order valence-electron chi connectivity index (χ1n) is 5.49. The normalized spacial score (nSPS) is 11.3. The van der Waals surface area contributed by atoms with Crippen molar-refractivity contribution in [2.24, 2.45) is 0 Å². The van der Waals surface area contributed by atoms with Crippen molar-refractivity contribution in [3.8, 4) is 11.8 Å². The predicted octanol–water partition coefficient (Wildman–Crippen LogP) is 1.57. The second-order valence-electron chi connectivity index (χ2n) is 3.54. The largest absolute Gasteiger partial charge is 0.494 e. The van der Waals surface area contributed by atoms with Crippen molar-refractivity contribution < 1.29 is 23.5 Å². The summed E-state index contributed by atoms with van der Waals surface area (Å²) in [6, 6.07) is 5.29. The minimum Gasteiger partial charge on any atom is -0.494 e. The fourth-order valence-corrected chi connectivity index (χ4v) is 1.47. The van der Waals surface area contributed by atoms with Crippen molar-refractivity contribution >= 4 is 11.8 Å². The van der Waals surface area contributed by atoms with E-state index in [0.717, 1.165) is 6.07 Å². The van der Waals surface area contributed by atoms with Crippen LogP contribution in [0.1, 0.15) is 18.4 Å². The van der Waals surface area contributed by atoms with Gasteiger partial charge in [0.2, 0.25) is 0 Å². The van der Waals surface area contributed by atoms with Crippen molar-refractivity contribution in [1.29, 1.82) is 5.26 Å². The number of hydrogen-bond acceptors (Lipinski definition) is 5. The van der Waals surface area contributed by atoms with Crippen LogP contribution in [0.25, 0.3) is 0 Å². The minimum atomic E-state index is -1.39. The lowest BCUT2D eigenvalue weighted by Gasteiger charge is -2.09. The number of ketones is 1. The Hall–Kier alpha value is -2.42. The van der Waals surface area contributed by atoms with Gasteiger partial charge in [-0.1, -0.05) is 6.07 Å². The Morgan fingerprint density at radius 3 is 2.63 bits per heavy atom. The summed E-state index contributed by atoms with van der Waals surface area (Å²) in [4.78, 5) is 23.0. The third kappa shape index (κ3) is 3.28. The van der Waals surface area contributed by atoms with Gasteiger partial charge in [-0.3, -0.25) is 4.79 Å². The van der Waals surface area contributed by atoms with E-state index in [1.807, 2.05) is 0 Å². The molecule has 0 radical (unpaired) electrons. The van der Waals surface area contributed by atoms with Gasteiger partial charge in [-0.2, -0.15) is 5.26 Å². The molecule has 0 N–H and O–H groups in total. The third-order valence-corrected chi connectivity index (χ3v) is 2.38.